The van der Waals surface area contributed by atoms with Gasteiger partial charge in [-0.2, -0.15) is 5.10 Å². The summed E-state index contributed by atoms with van der Waals surface area (Å²) in [6, 6.07) is 23.8. The quantitative estimate of drug-likeness (QED) is 0.137. The number of rotatable bonds is 7. The van der Waals surface area contributed by atoms with Gasteiger partial charge in [-0.15, -0.1) is 0 Å². The second-order valence-corrected chi connectivity index (χ2v) is 11.2. The monoisotopic (exact) mass is 617 g/mol. The van der Waals surface area contributed by atoms with Crippen molar-refractivity contribution in [3.8, 4) is 5.75 Å². The molecule has 0 saturated carbocycles. The van der Waals surface area contributed by atoms with E-state index in [9.17, 15) is 34.6 Å². The minimum atomic E-state index is -1.31. The molecule has 3 aliphatic carbocycles. The van der Waals surface area contributed by atoms with Crippen molar-refractivity contribution < 1.29 is 29.0 Å². The molecule has 0 radical (unpaired) electrons. The molecule has 0 unspecified atom stereocenters. The molecule has 2 atom stereocenters. The maximum Gasteiger partial charge on any atom is 0.273 e. The average Bonchev–Trinajstić information content (AvgIpc) is 3.34. The van der Waals surface area contributed by atoms with Crippen LogP contribution in [0.25, 0.3) is 0 Å². The van der Waals surface area contributed by atoms with Gasteiger partial charge in [-0.3, -0.25) is 34.6 Å². The number of nitrogens with zero attached hydrogens (tertiary/aromatic N) is 4. The lowest BCUT2D eigenvalue weighted by atomic mass is 9.47. The molecule has 228 valence electrons. The fraction of sp³-hybridized carbons (Fsp3) is 0.152. The largest absolute Gasteiger partial charge is 0.494 e. The van der Waals surface area contributed by atoms with Gasteiger partial charge >= 0.3 is 0 Å². The van der Waals surface area contributed by atoms with Crippen LogP contribution in [0.15, 0.2) is 96.1 Å². The second-order valence-electron chi connectivity index (χ2n) is 11.2. The van der Waals surface area contributed by atoms with Crippen LogP contribution in [-0.2, 0) is 15.0 Å². The zero-order valence-electron chi connectivity index (χ0n) is 24.0. The molecule has 4 aromatic carbocycles. The number of hydrogen-bond acceptors (Lipinski definition) is 9. The van der Waals surface area contributed by atoms with Gasteiger partial charge in [0, 0.05) is 35.9 Å². The Morgan fingerprint density at radius 3 is 2.13 bits per heavy atom. The molecule has 4 aliphatic rings. The number of anilines is 1. The van der Waals surface area contributed by atoms with E-state index in [4.69, 9.17) is 4.74 Å². The molecule has 2 bridgehead atoms. The van der Waals surface area contributed by atoms with Crippen LogP contribution >= 0.6 is 0 Å². The predicted octanol–water partition coefficient (Wildman–Crippen LogP) is 4.48. The summed E-state index contributed by atoms with van der Waals surface area (Å²) in [6.07, 6.45) is 1.47. The Morgan fingerprint density at radius 2 is 1.50 bits per heavy atom. The third-order valence-corrected chi connectivity index (χ3v) is 9.05. The van der Waals surface area contributed by atoms with Crippen molar-refractivity contribution in [3.63, 3.8) is 0 Å². The van der Waals surface area contributed by atoms with Gasteiger partial charge in [-0.1, -0.05) is 54.6 Å². The number of methoxy groups -OCH3 is 1. The van der Waals surface area contributed by atoms with Gasteiger partial charge in [0.25, 0.3) is 17.3 Å². The third kappa shape index (κ3) is 3.94. The summed E-state index contributed by atoms with van der Waals surface area (Å²) in [7, 11) is 1.30. The number of benzene rings is 4. The number of nitrogens with one attached hydrogen (secondary N) is 1. The normalized spacial score (nSPS) is 22.3. The van der Waals surface area contributed by atoms with Crippen LogP contribution in [0, 0.1) is 32.1 Å². The van der Waals surface area contributed by atoms with E-state index in [1.165, 1.54) is 43.7 Å². The van der Waals surface area contributed by atoms with Crippen molar-refractivity contribution in [3.05, 3.63) is 139 Å². The highest BCUT2D eigenvalue weighted by Crippen LogP contribution is 2.64. The topological polar surface area (TPSA) is 174 Å². The minimum Gasteiger partial charge on any atom is -0.494 e. The van der Waals surface area contributed by atoms with Gasteiger partial charge in [0.1, 0.15) is 5.75 Å². The van der Waals surface area contributed by atoms with Crippen molar-refractivity contribution in [2.24, 2.45) is 16.9 Å². The van der Waals surface area contributed by atoms with Crippen molar-refractivity contribution in [2.75, 3.05) is 12.0 Å². The van der Waals surface area contributed by atoms with E-state index in [-0.39, 0.29) is 28.4 Å². The molecular weight excluding hydrogens is 594 g/mol. The van der Waals surface area contributed by atoms with Crippen LogP contribution in [-0.4, -0.2) is 40.9 Å². The fourth-order valence-corrected chi connectivity index (χ4v) is 7.27. The molecule has 1 heterocycles. The van der Waals surface area contributed by atoms with Crippen molar-refractivity contribution in [1.29, 1.82) is 0 Å². The van der Waals surface area contributed by atoms with Gasteiger partial charge in [0.2, 0.25) is 11.8 Å². The number of carbonyl (C=O) groups is 3. The van der Waals surface area contributed by atoms with Crippen LogP contribution in [0.4, 0.5) is 17.1 Å². The van der Waals surface area contributed by atoms with Crippen molar-refractivity contribution in [1.82, 2.24) is 5.43 Å². The summed E-state index contributed by atoms with van der Waals surface area (Å²) in [6.45, 7) is 0. The molecule has 1 N–H and O–H groups in total. The molecule has 46 heavy (non-hydrogen) atoms. The maximum absolute atomic E-state index is 14.6. The number of hydrazone groups is 1. The first-order chi connectivity index (χ1) is 22.2. The lowest BCUT2D eigenvalue weighted by Crippen LogP contribution is -2.54. The third-order valence-electron chi connectivity index (χ3n) is 9.05. The zero-order valence-corrected chi connectivity index (χ0v) is 24.0. The first-order valence-electron chi connectivity index (χ1n) is 14.2. The van der Waals surface area contributed by atoms with E-state index in [0.29, 0.717) is 0 Å². The molecule has 1 aliphatic heterocycles. The fourth-order valence-electron chi connectivity index (χ4n) is 7.27. The molecule has 1 saturated heterocycles. The molecular formula is C33H23N5O8. The van der Waals surface area contributed by atoms with E-state index in [1.807, 2.05) is 48.5 Å². The summed E-state index contributed by atoms with van der Waals surface area (Å²) in [4.78, 5) is 64.5. The van der Waals surface area contributed by atoms with E-state index in [1.54, 1.807) is 0 Å². The van der Waals surface area contributed by atoms with E-state index < -0.39 is 50.7 Å². The Morgan fingerprint density at radius 1 is 0.870 bits per heavy atom. The molecule has 8 rings (SSSR count). The zero-order chi connectivity index (χ0) is 32.3. The Labute approximate surface area is 260 Å². The van der Waals surface area contributed by atoms with E-state index in [2.05, 4.69) is 10.5 Å². The number of nitro groups is 2. The van der Waals surface area contributed by atoms with E-state index >= 15 is 0 Å². The highest BCUT2D eigenvalue weighted by Gasteiger charge is 2.68. The number of carbonyl (C=O) groups excluding carboxylic acids is 3. The van der Waals surface area contributed by atoms with Gasteiger partial charge < -0.3 is 4.74 Å². The van der Waals surface area contributed by atoms with E-state index in [0.717, 1.165) is 39.3 Å². The molecule has 13 heteroatoms. The Balaban J connectivity index is 1.38. The molecule has 4 aromatic rings. The van der Waals surface area contributed by atoms with Crippen LogP contribution in [0.3, 0.4) is 0 Å². The molecule has 3 amide bonds. The van der Waals surface area contributed by atoms with Crippen molar-refractivity contribution in [2.45, 2.75) is 11.3 Å². The Kier molecular flexibility index (Phi) is 6.47. The van der Waals surface area contributed by atoms with Crippen LogP contribution in [0.5, 0.6) is 5.75 Å². The summed E-state index contributed by atoms with van der Waals surface area (Å²) >= 11 is 0. The number of amides is 3. The van der Waals surface area contributed by atoms with Crippen LogP contribution in [0.2, 0.25) is 0 Å². The number of non-ortho nitro benzene ring substituents is 2. The highest BCUT2D eigenvalue weighted by atomic mass is 16.6. The van der Waals surface area contributed by atoms with Crippen LogP contribution < -0.4 is 15.1 Å². The molecule has 1 fully saturated rings. The Hall–Kier alpha value is -6.24. The lowest BCUT2D eigenvalue weighted by molar-refractivity contribution is -0.385. The number of nitro benzene ring substituents is 2. The highest BCUT2D eigenvalue weighted by molar-refractivity contribution is 6.25. The standard InChI is InChI=1S/C33H23N5O8/c1-46-26-16-20(38(44)45)13-14-25(26)36-31(40)28-27-21-9-2-4-11-23(21)33(29(28)32(36)41,24-12-5-3-10-22(24)27)17-34-35-30(39)18-7-6-8-19(15-18)37(42)43/h2-17,27-29H,1H3,(H,35,39)/b34-17-/t27?,28-,29+,33?/m0/s1. The first-order valence-corrected chi connectivity index (χ1v) is 14.2. The SMILES string of the molecule is COc1cc([N+](=O)[O-])ccc1N1C(=O)[C@H]2C3c4ccccc4C(/C=N\NC(=O)c4cccc([N+](=O)[O-])c4)(c4ccccc43)[C@H]2C1=O. The second kappa shape index (κ2) is 10.4. The number of ether oxygens (including phenoxy) is 1. The predicted molar refractivity (Wildman–Crippen MR) is 164 cm³/mol. The van der Waals surface area contributed by atoms with Gasteiger partial charge in [-0.25, -0.2) is 10.3 Å². The smallest absolute Gasteiger partial charge is 0.273 e. The molecule has 0 spiro atoms. The van der Waals surface area contributed by atoms with Gasteiger partial charge in [0.05, 0.1) is 46.0 Å². The van der Waals surface area contributed by atoms with Crippen molar-refractivity contribution >= 4 is 41.0 Å². The molecule has 13 nitrogen and oxygen atoms in total. The summed E-state index contributed by atoms with van der Waals surface area (Å²) in [5.41, 5.74) is 3.86. The maximum atomic E-state index is 14.6. The summed E-state index contributed by atoms with van der Waals surface area (Å²) < 4.78 is 5.41. The van der Waals surface area contributed by atoms with Gasteiger partial charge in [-0.05, 0) is 34.4 Å². The number of imide groups is 1. The lowest BCUT2D eigenvalue weighted by Gasteiger charge is -2.52. The first kappa shape index (κ1) is 28.5. The Bertz CT molecular complexity index is 1990. The van der Waals surface area contributed by atoms with Crippen LogP contribution in [0.1, 0.15) is 38.5 Å². The summed E-state index contributed by atoms with van der Waals surface area (Å²) in [5, 5.41) is 27.0. The minimum absolute atomic E-state index is 0.0103. The van der Waals surface area contributed by atoms with Gasteiger partial charge in [0.15, 0.2) is 0 Å². The number of hydrogen-bond donors (Lipinski definition) is 1. The average molecular weight is 618 g/mol. The summed E-state index contributed by atoms with van der Waals surface area (Å²) in [5.74, 6) is -4.09. The molecule has 0 aromatic heterocycles.